The van der Waals surface area contributed by atoms with E-state index in [4.69, 9.17) is 4.43 Å². The van der Waals surface area contributed by atoms with Crippen LogP contribution >= 0.6 is 0 Å². The second-order valence-corrected chi connectivity index (χ2v) is 12.4. The van der Waals surface area contributed by atoms with E-state index in [0.717, 1.165) is 16.9 Å². The predicted octanol–water partition coefficient (Wildman–Crippen LogP) is 5.40. The minimum atomic E-state index is -1.94. The molecule has 0 aliphatic heterocycles. The van der Waals surface area contributed by atoms with Crippen molar-refractivity contribution in [3.05, 3.63) is 47.5 Å². The smallest absolute Gasteiger partial charge is 0.192 e. The van der Waals surface area contributed by atoms with Gasteiger partial charge in [-0.3, -0.25) is 0 Å². The number of hydrogen-bond donors (Lipinski definition) is 0. The summed E-state index contributed by atoms with van der Waals surface area (Å²) >= 11 is 0. The lowest BCUT2D eigenvalue weighted by atomic mass is 10.1. The normalized spacial score (nSPS) is 14.1. The Labute approximate surface area is 139 Å². The van der Waals surface area contributed by atoms with Crippen molar-refractivity contribution in [2.45, 2.75) is 58.9 Å². The van der Waals surface area contributed by atoms with Crippen molar-refractivity contribution in [2.75, 3.05) is 0 Å². The molecule has 0 aliphatic rings. The molecule has 0 saturated carbocycles. The molecule has 0 amide bonds. The molecule has 5 heteroatoms. The van der Waals surface area contributed by atoms with Crippen LogP contribution in [0.15, 0.2) is 30.5 Å². The lowest BCUT2D eigenvalue weighted by Gasteiger charge is -2.38. The fraction of sp³-hybridized carbons (Fsp3) is 0.500. The zero-order chi connectivity index (χ0) is 17.4. The van der Waals surface area contributed by atoms with Crippen LogP contribution in [-0.4, -0.2) is 18.1 Å². The number of aromatic nitrogens is 2. The van der Waals surface area contributed by atoms with Crippen LogP contribution in [0.3, 0.4) is 0 Å². The van der Waals surface area contributed by atoms with Crippen LogP contribution in [-0.2, 0) is 4.43 Å². The maximum atomic E-state index is 13.8. The Bertz CT molecular complexity index is 689. The molecule has 1 heterocycles. The van der Waals surface area contributed by atoms with Crippen LogP contribution < -0.4 is 0 Å². The van der Waals surface area contributed by atoms with Gasteiger partial charge in [-0.25, -0.2) is 9.07 Å². The molecule has 1 aromatic carbocycles. The van der Waals surface area contributed by atoms with Crippen LogP contribution in [0.25, 0.3) is 5.69 Å². The molecule has 2 aromatic rings. The highest BCUT2D eigenvalue weighted by Gasteiger charge is 2.39. The van der Waals surface area contributed by atoms with Crippen molar-refractivity contribution in [1.29, 1.82) is 0 Å². The average molecular weight is 335 g/mol. The molecule has 0 fully saturated rings. The van der Waals surface area contributed by atoms with Gasteiger partial charge in [-0.15, -0.1) is 0 Å². The number of nitrogens with zero attached hydrogens (tertiary/aromatic N) is 2. The van der Waals surface area contributed by atoms with E-state index in [1.165, 1.54) is 6.07 Å². The summed E-state index contributed by atoms with van der Waals surface area (Å²) < 4.78 is 22.1. The van der Waals surface area contributed by atoms with Crippen molar-refractivity contribution in [1.82, 2.24) is 9.78 Å². The monoisotopic (exact) mass is 334 g/mol. The third-order valence-corrected chi connectivity index (χ3v) is 9.23. The van der Waals surface area contributed by atoms with Gasteiger partial charge in [0.1, 0.15) is 5.82 Å². The fourth-order valence-corrected chi connectivity index (χ4v) is 3.66. The summed E-state index contributed by atoms with van der Waals surface area (Å²) in [6, 6.07) is 6.73. The fourth-order valence-electron chi connectivity index (χ4n) is 2.29. The molecule has 126 valence electrons. The molecular weight excluding hydrogens is 307 g/mol. The average Bonchev–Trinajstić information content (AvgIpc) is 2.83. The third kappa shape index (κ3) is 3.90. The minimum absolute atomic E-state index is 0.108. The van der Waals surface area contributed by atoms with Gasteiger partial charge in [-0.05, 0) is 56.2 Å². The maximum Gasteiger partial charge on any atom is 0.192 e. The molecule has 0 spiro atoms. The second kappa shape index (κ2) is 6.21. The van der Waals surface area contributed by atoms with Gasteiger partial charge < -0.3 is 4.43 Å². The Morgan fingerprint density at radius 1 is 1.22 bits per heavy atom. The molecular formula is C18H27FN2OSi. The Morgan fingerprint density at radius 2 is 1.87 bits per heavy atom. The molecule has 0 saturated heterocycles. The summed E-state index contributed by atoms with van der Waals surface area (Å²) in [5.74, 6) is -0.252. The van der Waals surface area contributed by atoms with E-state index in [1.54, 1.807) is 16.8 Å². The Morgan fingerprint density at radius 3 is 2.39 bits per heavy atom. The van der Waals surface area contributed by atoms with Gasteiger partial charge in [0.05, 0.1) is 17.5 Å². The molecule has 0 bridgehead atoms. The predicted molar refractivity (Wildman–Crippen MR) is 95.0 cm³/mol. The van der Waals surface area contributed by atoms with Crippen LogP contribution in [0, 0.1) is 12.7 Å². The highest BCUT2D eigenvalue weighted by atomic mass is 28.4. The van der Waals surface area contributed by atoms with Gasteiger partial charge in [-0.1, -0.05) is 20.8 Å². The summed E-state index contributed by atoms with van der Waals surface area (Å²) in [7, 11) is -1.94. The van der Waals surface area contributed by atoms with Gasteiger partial charge >= 0.3 is 0 Å². The Hall–Kier alpha value is -1.46. The van der Waals surface area contributed by atoms with Gasteiger partial charge in [-0.2, -0.15) is 5.10 Å². The van der Waals surface area contributed by atoms with Gasteiger partial charge in [0.25, 0.3) is 0 Å². The summed E-state index contributed by atoms with van der Waals surface area (Å²) in [5, 5.41) is 4.56. The van der Waals surface area contributed by atoms with E-state index in [1.807, 2.05) is 26.1 Å². The molecule has 0 N–H and O–H groups in total. The van der Waals surface area contributed by atoms with Crippen molar-refractivity contribution in [2.24, 2.45) is 0 Å². The quantitative estimate of drug-likeness (QED) is 0.700. The van der Waals surface area contributed by atoms with E-state index in [-0.39, 0.29) is 17.0 Å². The lowest BCUT2D eigenvalue weighted by molar-refractivity contribution is 0.202. The zero-order valence-electron chi connectivity index (χ0n) is 15.1. The van der Waals surface area contributed by atoms with E-state index in [9.17, 15) is 4.39 Å². The lowest BCUT2D eigenvalue weighted by Crippen LogP contribution is -2.41. The van der Waals surface area contributed by atoms with Crippen molar-refractivity contribution < 1.29 is 8.82 Å². The largest absolute Gasteiger partial charge is 0.410 e. The molecule has 1 unspecified atom stereocenters. The summed E-state index contributed by atoms with van der Waals surface area (Å²) in [6.45, 7) is 15.0. The minimum Gasteiger partial charge on any atom is -0.410 e. The standard InChI is InChI=1S/C18H27FN2OSi/c1-13-10-11-21(20-13)17-9-8-15(19)12-16(17)14(2)22-23(6,7)18(3,4)5/h8-12,14H,1-7H3. The van der Waals surface area contributed by atoms with Gasteiger partial charge in [0.15, 0.2) is 8.32 Å². The molecule has 23 heavy (non-hydrogen) atoms. The molecule has 0 aliphatic carbocycles. The maximum absolute atomic E-state index is 13.8. The summed E-state index contributed by atoms with van der Waals surface area (Å²) in [5.41, 5.74) is 2.63. The second-order valence-electron chi connectivity index (χ2n) is 7.63. The van der Waals surface area contributed by atoms with Crippen LogP contribution in [0.1, 0.15) is 45.1 Å². The van der Waals surface area contributed by atoms with E-state index < -0.39 is 8.32 Å². The topological polar surface area (TPSA) is 27.1 Å². The molecule has 2 rings (SSSR count). The first-order valence-electron chi connectivity index (χ1n) is 8.01. The van der Waals surface area contributed by atoms with Gasteiger partial charge in [0.2, 0.25) is 0 Å². The highest BCUT2D eigenvalue weighted by molar-refractivity contribution is 6.74. The first-order valence-corrected chi connectivity index (χ1v) is 10.9. The first-order chi connectivity index (χ1) is 10.5. The number of benzene rings is 1. The van der Waals surface area contributed by atoms with Crippen LogP contribution in [0.2, 0.25) is 18.1 Å². The number of hydrogen-bond acceptors (Lipinski definition) is 2. The van der Waals surface area contributed by atoms with E-state index in [2.05, 4.69) is 39.0 Å². The van der Waals surface area contributed by atoms with E-state index in [0.29, 0.717) is 0 Å². The van der Waals surface area contributed by atoms with E-state index >= 15 is 0 Å². The number of aryl methyl sites for hydroxylation is 1. The van der Waals surface area contributed by atoms with Crippen molar-refractivity contribution >= 4 is 8.32 Å². The number of halogens is 1. The van der Waals surface area contributed by atoms with Crippen LogP contribution in [0.5, 0.6) is 0 Å². The van der Waals surface area contributed by atoms with Crippen molar-refractivity contribution in [3.63, 3.8) is 0 Å². The first kappa shape index (κ1) is 17.9. The molecule has 1 atom stereocenters. The Kier molecular flexibility index (Phi) is 4.83. The Balaban J connectivity index is 2.40. The van der Waals surface area contributed by atoms with Crippen molar-refractivity contribution in [3.8, 4) is 5.69 Å². The summed E-state index contributed by atoms with van der Waals surface area (Å²) in [4.78, 5) is 0. The van der Waals surface area contributed by atoms with Crippen LogP contribution in [0.4, 0.5) is 4.39 Å². The SMILES string of the molecule is Cc1ccn(-c2ccc(F)cc2C(C)O[Si](C)(C)C(C)(C)C)n1. The third-order valence-electron chi connectivity index (χ3n) is 4.67. The molecule has 3 nitrogen and oxygen atoms in total. The molecule has 1 aromatic heterocycles. The highest BCUT2D eigenvalue weighted by Crippen LogP contribution is 2.40. The summed E-state index contributed by atoms with van der Waals surface area (Å²) in [6.07, 6.45) is 1.71. The molecule has 0 radical (unpaired) electrons. The number of rotatable bonds is 4. The zero-order valence-corrected chi connectivity index (χ0v) is 16.1. The van der Waals surface area contributed by atoms with Gasteiger partial charge in [0, 0.05) is 11.8 Å².